The van der Waals surface area contributed by atoms with E-state index in [1.165, 1.54) is 6.08 Å². The number of rotatable bonds is 2. The lowest BCUT2D eigenvalue weighted by Gasteiger charge is -2.32. The van der Waals surface area contributed by atoms with E-state index in [0.717, 1.165) is 5.57 Å². The smallest absolute Gasteiger partial charge is 0.403 e. The van der Waals surface area contributed by atoms with E-state index < -0.39 is 30.2 Å². The summed E-state index contributed by atoms with van der Waals surface area (Å²) in [4.78, 5) is 4.30. The van der Waals surface area contributed by atoms with Crippen LogP contribution in [0.5, 0.6) is 0 Å². The Kier molecular flexibility index (Phi) is 5.11. The fraction of sp³-hybridized carbons (Fsp3) is 0.550. The van der Waals surface area contributed by atoms with E-state index in [9.17, 15) is 5.26 Å². The second-order valence-electron chi connectivity index (χ2n) is 8.54. The van der Waals surface area contributed by atoms with Crippen LogP contribution in [0.1, 0.15) is 41.5 Å². The highest BCUT2D eigenvalue weighted by Crippen LogP contribution is 2.43. The normalized spacial score (nSPS) is 31.7. The zero-order valence-corrected chi connectivity index (χ0v) is 17.1. The van der Waals surface area contributed by atoms with Crippen molar-refractivity contribution in [2.45, 2.75) is 70.6 Å². The lowest BCUT2D eigenvalue weighted by molar-refractivity contribution is 0.00578. The maximum Gasteiger partial charge on any atom is 0.469 e. The highest BCUT2D eigenvalue weighted by atomic mass is 19.1. The Balaban J connectivity index is 1.93. The van der Waals surface area contributed by atoms with E-state index in [2.05, 4.69) is 10.3 Å². The average Bonchev–Trinajstić information content (AvgIpc) is 2.71. The molecule has 0 spiro atoms. The Bertz CT molecular complexity index is 850. The van der Waals surface area contributed by atoms with Gasteiger partial charge in [0.15, 0.2) is 11.5 Å². The number of amidine groups is 1. The molecule has 3 unspecified atom stereocenters. The molecule has 0 aromatic rings. The van der Waals surface area contributed by atoms with Gasteiger partial charge in [-0.25, -0.2) is 4.39 Å². The number of nitriles is 1. The standard InChI is InChI=1S/C20H26BFN4O2/c1-11-7-8-13(17-12(2)25-18(24)16(10-23)26-17)15(22)9-14(11)21-27-19(3,4)20(5,6)28-21/h7-9,12,14,17H,1-6H3,(H2,24,25). The summed E-state index contributed by atoms with van der Waals surface area (Å²) < 4.78 is 27.5. The summed E-state index contributed by atoms with van der Waals surface area (Å²) in [5.74, 6) is -0.827. The fourth-order valence-corrected chi connectivity index (χ4v) is 3.48. The van der Waals surface area contributed by atoms with Crippen molar-refractivity contribution in [3.63, 3.8) is 0 Å². The molecule has 1 fully saturated rings. The number of allylic oxidation sites excluding steroid dienone is 4. The number of aliphatic imine (C=N–C) groups is 1. The van der Waals surface area contributed by atoms with Crippen LogP contribution in [0.4, 0.5) is 4.39 Å². The van der Waals surface area contributed by atoms with Crippen molar-refractivity contribution in [2.24, 2.45) is 4.99 Å². The third-order valence-corrected chi connectivity index (χ3v) is 5.99. The first-order chi connectivity index (χ1) is 13.0. The minimum Gasteiger partial charge on any atom is -0.403 e. The Hall–Kier alpha value is -2.24. The van der Waals surface area contributed by atoms with Crippen LogP contribution in [-0.2, 0) is 9.31 Å². The quantitative estimate of drug-likeness (QED) is 0.713. The van der Waals surface area contributed by atoms with Crippen LogP contribution in [0.3, 0.4) is 0 Å². The molecule has 0 radical (unpaired) electrons. The molecule has 2 N–H and O–H groups in total. The lowest BCUT2D eigenvalue weighted by Crippen LogP contribution is -2.48. The molecule has 1 aliphatic carbocycles. The molecule has 3 aliphatic rings. The first kappa shape index (κ1) is 20.5. The molecule has 3 rings (SSSR count). The monoisotopic (exact) mass is 384 g/mol. The van der Waals surface area contributed by atoms with Gasteiger partial charge in [0.2, 0.25) is 0 Å². The number of nitrogens with zero attached hydrogens (tertiary/aromatic N) is 2. The molecule has 0 bridgehead atoms. The Morgan fingerprint density at radius 2 is 1.86 bits per heavy atom. The van der Waals surface area contributed by atoms with Crippen molar-refractivity contribution in [3.05, 3.63) is 35.2 Å². The third kappa shape index (κ3) is 3.45. The summed E-state index contributed by atoms with van der Waals surface area (Å²) >= 11 is 0. The molecular weight excluding hydrogens is 358 g/mol. The SMILES string of the molecule is CC1=CC=C(C2N=C(C#N)C(=N)NC2C)C(F)=CC1B1OC(C)(C)C(C)(C)O1. The molecule has 2 heterocycles. The van der Waals surface area contributed by atoms with Crippen molar-refractivity contribution >= 4 is 18.7 Å². The molecule has 148 valence electrons. The average molecular weight is 384 g/mol. The van der Waals surface area contributed by atoms with E-state index in [-0.39, 0.29) is 23.4 Å². The van der Waals surface area contributed by atoms with Gasteiger partial charge in [-0.15, -0.1) is 0 Å². The molecule has 8 heteroatoms. The third-order valence-electron chi connectivity index (χ3n) is 5.99. The Labute approximate surface area is 165 Å². The van der Waals surface area contributed by atoms with E-state index >= 15 is 4.39 Å². The predicted octanol–water partition coefficient (Wildman–Crippen LogP) is 3.49. The summed E-state index contributed by atoms with van der Waals surface area (Å²) in [6.07, 6.45) is 5.06. The first-order valence-electron chi connectivity index (χ1n) is 9.42. The van der Waals surface area contributed by atoms with Gasteiger partial charge in [0, 0.05) is 11.4 Å². The van der Waals surface area contributed by atoms with Crippen LogP contribution in [0.15, 0.2) is 40.2 Å². The van der Waals surface area contributed by atoms with Crippen LogP contribution in [0.25, 0.3) is 0 Å². The van der Waals surface area contributed by atoms with E-state index in [1.807, 2.05) is 53.7 Å². The van der Waals surface area contributed by atoms with Gasteiger partial charge in [0.05, 0.1) is 23.3 Å². The van der Waals surface area contributed by atoms with E-state index in [0.29, 0.717) is 5.57 Å². The molecule has 1 saturated heterocycles. The number of hydrogen-bond acceptors (Lipinski definition) is 5. The molecular formula is C20H26BFN4O2. The first-order valence-corrected chi connectivity index (χ1v) is 9.42. The second kappa shape index (κ2) is 6.98. The molecule has 3 atom stereocenters. The second-order valence-corrected chi connectivity index (χ2v) is 8.54. The lowest BCUT2D eigenvalue weighted by atomic mass is 9.67. The zero-order valence-electron chi connectivity index (χ0n) is 17.1. The van der Waals surface area contributed by atoms with Crippen molar-refractivity contribution < 1.29 is 13.7 Å². The van der Waals surface area contributed by atoms with Crippen LogP contribution in [0, 0.1) is 16.7 Å². The number of halogens is 1. The van der Waals surface area contributed by atoms with Crippen LogP contribution in [-0.4, -0.2) is 42.0 Å². The van der Waals surface area contributed by atoms with Crippen molar-refractivity contribution in [1.82, 2.24) is 5.32 Å². The maximum atomic E-state index is 15.3. The van der Waals surface area contributed by atoms with Gasteiger partial charge >= 0.3 is 7.12 Å². The maximum absolute atomic E-state index is 15.3. The van der Waals surface area contributed by atoms with Gasteiger partial charge in [-0.3, -0.25) is 10.4 Å². The minimum absolute atomic E-state index is 0.0238. The van der Waals surface area contributed by atoms with E-state index in [1.54, 1.807) is 6.08 Å². The van der Waals surface area contributed by atoms with Gasteiger partial charge in [-0.1, -0.05) is 17.7 Å². The fourth-order valence-electron chi connectivity index (χ4n) is 3.48. The molecule has 0 amide bonds. The van der Waals surface area contributed by atoms with Crippen LogP contribution >= 0.6 is 0 Å². The molecule has 2 aliphatic heterocycles. The highest BCUT2D eigenvalue weighted by Gasteiger charge is 2.54. The number of hydrogen-bond donors (Lipinski definition) is 2. The summed E-state index contributed by atoms with van der Waals surface area (Å²) in [6.45, 7) is 11.6. The molecule has 0 saturated carbocycles. The summed E-state index contributed by atoms with van der Waals surface area (Å²) in [5, 5.41) is 19.9. The number of nitrogens with one attached hydrogen (secondary N) is 2. The highest BCUT2D eigenvalue weighted by molar-refractivity contribution is 6.49. The molecule has 6 nitrogen and oxygen atoms in total. The van der Waals surface area contributed by atoms with Crippen molar-refractivity contribution in [1.29, 1.82) is 10.7 Å². The zero-order chi connectivity index (χ0) is 20.9. The molecule has 0 aromatic carbocycles. The summed E-state index contributed by atoms with van der Waals surface area (Å²) in [6, 6.07) is 0.988. The molecule has 28 heavy (non-hydrogen) atoms. The van der Waals surface area contributed by atoms with Crippen molar-refractivity contribution in [3.8, 4) is 6.07 Å². The van der Waals surface area contributed by atoms with Crippen LogP contribution < -0.4 is 5.32 Å². The minimum atomic E-state index is -0.596. The Morgan fingerprint density at radius 3 is 2.43 bits per heavy atom. The van der Waals surface area contributed by atoms with E-state index in [4.69, 9.17) is 14.7 Å². The van der Waals surface area contributed by atoms with Crippen LogP contribution in [0.2, 0.25) is 5.82 Å². The summed E-state index contributed by atoms with van der Waals surface area (Å²) in [7, 11) is -0.590. The van der Waals surface area contributed by atoms with Gasteiger partial charge < -0.3 is 14.6 Å². The van der Waals surface area contributed by atoms with Gasteiger partial charge in [-0.2, -0.15) is 5.26 Å². The summed E-state index contributed by atoms with van der Waals surface area (Å²) in [5.41, 5.74) is 0.262. The largest absolute Gasteiger partial charge is 0.469 e. The Morgan fingerprint density at radius 1 is 1.25 bits per heavy atom. The van der Waals surface area contributed by atoms with Crippen molar-refractivity contribution in [2.75, 3.05) is 0 Å². The van der Waals surface area contributed by atoms with Gasteiger partial charge in [0.1, 0.15) is 11.9 Å². The van der Waals surface area contributed by atoms with Gasteiger partial charge in [-0.05, 0) is 47.6 Å². The van der Waals surface area contributed by atoms with Gasteiger partial charge in [0.25, 0.3) is 0 Å². The molecule has 0 aromatic heterocycles. The topological polar surface area (TPSA) is 90.5 Å². The predicted molar refractivity (Wildman–Crippen MR) is 108 cm³/mol.